The Bertz CT molecular complexity index is 606. The van der Waals surface area contributed by atoms with Gasteiger partial charge in [0.2, 0.25) is 0 Å². The summed E-state index contributed by atoms with van der Waals surface area (Å²) < 4.78 is 10.6. The Morgan fingerprint density at radius 3 is 2.62 bits per heavy atom. The molecule has 1 saturated heterocycles. The molecule has 2 aromatic rings. The molecule has 1 aromatic heterocycles. The number of benzene rings is 1. The van der Waals surface area contributed by atoms with Crippen molar-refractivity contribution in [2.75, 3.05) is 27.3 Å². The van der Waals surface area contributed by atoms with Gasteiger partial charge in [-0.15, -0.1) is 11.3 Å². The molecule has 21 heavy (non-hydrogen) atoms. The van der Waals surface area contributed by atoms with Gasteiger partial charge in [-0.1, -0.05) is 0 Å². The number of piperidine rings is 1. The Labute approximate surface area is 129 Å². The van der Waals surface area contributed by atoms with Crippen molar-refractivity contribution in [1.82, 2.24) is 10.3 Å². The van der Waals surface area contributed by atoms with Crippen LogP contribution >= 0.6 is 11.3 Å². The van der Waals surface area contributed by atoms with E-state index in [-0.39, 0.29) is 0 Å². The third-order valence-corrected chi connectivity index (χ3v) is 4.90. The molecular formula is C16H20N2O2S. The Morgan fingerprint density at radius 2 is 1.90 bits per heavy atom. The van der Waals surface area contributed by atoms with Crippen molar-refractivity contribution >= 4 is 11.3 Å². The molecule has 1 aliphatic rings. The SMILES string of the molecule is COc1ccc(-c2csc(C3CCNCC3)n2)cc1OC. The zero-order chi connectivity index (χ0) is 14.7. The molecule has 1 aromatic carbocycles. The smallest absolute Gasteiger partial charge is 0.161 e. The number of nitrogens with one attached hydrogen (secondary N) is 1. The van der Waals surface area contributed by atoms with Crippen LogP contribution < -0.4 is 14.8 Å². The summed E-state index contributed by atoms with van der Waals surface area (Å²) >= 11 is 1.76. The fourth-order valence-corrected chi connectivity index (χ4v) is 3.67. The highest BCUT2D eigenvalue weighted by molar-refractivity contribution is 7.10. The largest absolute Gasteiger partial charge is 0.493 e. The minimum Gasteiger partial charge on any atom is -0.493 e. The van der Waals surface area contributed by atoms with E-state index in [1.54, 1.807) is 25.6 Å². The van der Waals surface area contributed by atoms with Crippen LogP contribution in [0.15, 0.2) is 23.6 Å². The van der Waals surface area contributed by atoms with Crippen molar-refractivity contribution in [3.8, 4) is 22.8 Å². The van der Waals surface area contributed by atoms with Gasteiger partial charge in [0.15, 0.2) is 11.5 Å². The van der Waals surface area contributed by atoms with Gasteiger partial charge < -0.3 is 14.8 Å². The van der Waals surface area contributed by atoms with E-state index < -0.39 is 0 Å². The van der Waals surface area contributed by atoms with E-state index in [1.807, 2.05) is 18.2 Å². The molecule has 0 amide bonds. The fraction of sp³-hybridized carbons (Fsp3) is 0.438. The first-order chi connectivity index (χ1) is 10.3. The van der Waals surface area contributed by atoms with Gasteiger partial charge in [0.1, 0.15) is 0 Å². The Hall–Kier alpha value is -1.59. The lowest BCUT2D eigenvalue weighted by Gasteiger charge is -2.20. The van der Waals surface area contributed by atoms with Crippen LogP contribution in [0.2, 0.25) is 0 Å². The van der Waals surface area contributed by atoms with Crippen LogP contribution in [-0.2, 0) is 0 Å². The van der Waals surface area contributed by atoms with E-state index in [1.165, 1.54) is 17.8 Å². The molecule has 3 rings (SSSR count). The Kier molecular flexibility index (Phi) is 4.41. The second kappa shape index (κ2) is 6.45. The molecule has 0 unspecified atom stereocenters. The van der Waals surface area contributed by atoms with Gasteiger partial charge >= 0.3 is 0 Å². The number of ether oxygens (including phenoxy) is 2. The van der Waals surface area contributed by atoms with E-state index in [0.29, 0.717) is 5.92 Å². The first kappa shape index (κ1) is 14.4. The topological polar surface area (TPSA) is 43.4 Å². The number of aromatic nitrogens is 1. The van der Waals surface area contributed by atoms with Crippen molar-refractivity contribution in [3.63, 3.8) is 0 Å². The normalized spacial score (nSPS) is 15.9. The molecule has 0 spiro atoms. The maximum absolute atomic E-state index is 5.36. The van der Waals surface area contributed by atoms with Crippen LogP contribution in [0.1, 0.15) is 23.8 Å². The number of hydrogen-bond donors (Lipinski definition) is 1. The summed E-state index contributed by atoms with van der Waals surface area (Å²) in [5.74, 6) is 2.09. The maximum Gasteiger partial charge on any atom is 0.161 e. The fourth-order valence-electron chi connectivity index (χ4n) is 2.67. The monoisotopic (exact) mass is 304 g/mol. The summed E-state index contributed by atoms with van der Waals surface area (Å²) in [4.78, 5) is 4.83. The van der Waals surface area contributed by atoms with Crippen molar-refractivity contribution < 1.29 is 9.47 Å². The third kappa shape index (κ3) is 3.04. The van der Waals surface area contributed by atoms with E-state index in [4.69, 9.17) is 14.5 Å². The predicted molar refractivity (Wildman–Crippen MR) is 85.5 cm³/mol. The first-order valence-electron chi connectivity index (χ1n) is 7.20. The molecule has 5 heteroatoms. The Morgan fingerprint density at radius 1 is 1.14 bits per heavy atom. The standard InChI is InChI=1S/C16H20N2O2S/c1-19-14-4-3-12(9-15(14)20-2)13-10-21-16(18-13)11-5-7-17-8-6-11/h3-4,9-11,17H,5-8H2,1-2H3. The van der Waals surface area contributed by atoms with Gasteiger partial charge in [-0.25, -0.2) is 4.98 Å². The molecule has 112 valence electrons. The van der Waals surface area contributed by atoms with Crippen molar-refractivity contribution in [3.05, 3.63) is 28.6 Å². The van der Waals surface area contributed by atoms with Crippen LogP contribution in [0.3, 0.4) is 0 Å². The minimum absolute atomic E-state index is 0.602. The van der Waals surface area contributed by atoms with Crippen LogP contribution in [0, 0.1) is 0 Å². The highest BCUT2D eigenvalue weighted by atomic mass is 32.1. The molecule has 0 atom stereocenters. The first-order valence-corrected chi connectivity index (χ1v) is 8.08. The number of hydrogen-bond acceptors (Lipinski definition) is 5. The van der Waals surface area contributed by atoms with Crippen LogP contribution in [0.25, 0.3) is 11.3 Å². The molecule has 0 saturated carbocycles. The maximum atomic E-state index is 5.36. The summed E-state index contributed by atoms with van der Waals surface area (Å²) in [7, 11) is 3.30. The molecule has 0 aliphatic carbocycles. The summed E-state index contributed by atoms with van der Waals surface area (Å²) in [6.07, 6.45) is 2.36. The summed E-state index contributed by atoms with van der Waals surface area (Å²) in [5.41, 5.74) is 2.10. The molecule has 1 fully saturated rings. The number of methoxy groups -OCH3 is 2. The van der Waals surface area contributed by atoms with Crippen molar-refractivity contribution in [2.45, 2.75) is 18.8 Å². The van der Waals surface area contributed by atoms with Crippen LogP contribution in [-0.4, -0.2) is 32.3 Å². The summed E-state index contributed by atoms with van der Waals surface area (Å²) in [5, 5.41) is 6.79. The highest BCUT2D eigenvalue weighted by Gasteiger charge is 2.19. The Balaban J connectivity index is 1.85. The molecule has 1 aliphatic heterocycles. The summed E-state index contributed by atoms with van der Waals surface area (Å²) in [6, 6.07) is 5.94. The van der Waals surface area contributed by atoms with Crippen LogP contribution in [0.4, 0.5) is 0 Å². The lowest BCUT2D eigenvalue weighted by atomic mass is 9.99. The zero-order valence-electron chi connectivity index (χ0n) is 12.4. The van der Waals surface area contributed by atoms with Gasteiger partial charge in [-0.05, 0) is 44.1 Å². The molecular weight excluding hydrogens is 284 g/mol. The number of nitrogens with zero attached hydrogens (tertiary/aromatic N) is 1. The van der Waals surface area contributed by atoms with Gasteiger partial charge in [0.05, 0.1) is 24.9 Å². The molecule has 4 nitrogen and oxygen atoms in total. The quantitative estimate of drug-likeness (QED) is 0.941. The molecule has 1 N–H and O–H groups in total. The minimum atomic E-state index is 0.602. The summed E-state index contributed by atoms with van der Waals surface area (Å²) in [6.45, 7) is 2.19. The molecule has 0 bridgehead atoms. The lowest BCUT2D eigenvalue weighted by Crippen LogP contribution is -2.26. The predicted octanol–water partition coefficient (Wildman–Crippen LogP) is 3.29. The highest BCUT2D eigenvalue weighted by Crippen LogP contribution is 2.35. The second-order valence-corrected chi connectivity index (χ2v) is 6.05. The lowest BCUT2D eigenvalue weighted by molar-refractivity contribution is 0.355. The van der Waals surface area contributed by atoms with Gasteiger partial charge in [-0.3, -0.25) is 0 Å². The van der Waals surface area contributed by atoms with Crippen molar-refractivity contribution in [2.24, 2.45) is 0 Å². The van der Waals surface area contributed by atoms with E-state index in [0.717, 1.165) is 35.8 Å². The van der Waals surface area contributed by atoms with Crippen LogP contribution in [0.5, 0.6) is 11.5 Å². The van der Waals surface area contributed by atoms with Crippen molar-refractivity contribution in [1.29, 1.82) is 0 Å². The van der Waals surface area contributed by atoms with Gasteiger partial charge in [-0.2, -0.15) is 0 Å². The average molecular weight is 304 g/mol. The average Bonchev–Trinajstić information content (AvgIpc) is 3.05. The zero-order valence-corrected chi connectivity index (χ0v) is 13.2. The molecule has 0 radical (unpaired) electrons. The van der Waals surface area contributed by atoms with E-state index in [2.05, 4.69) is 10.7 Å². The van der Waals surface area contributed by atoms with Gasteiger partial charge in [0.25, 0.3) is 0 Å². The van der Waals surface area contributed by atoms with E-state index in [9.17, 15) is 0 Å². The number of rotatable bonds is 4. The van der Waals surface area contributed by atoms with E-state index >= 15 is 0 Å². The molecule has 2 heterocycles. The number of thiazole rings is 1. The second-order valence-electron chi connectivity index (χ2n) is 5.17. The third-order valence-electron chi connectivity index (χ3n) is 3.89. The van der Waals surface area contributed by atoms with Gasteiger partial charge in [0, 0.05) is 16.9 Å².